The Labute approximate surface area is 161 Å². The van der Waals surface area contributed by atoms with Crippen molar-refractivity contribution in [1.82, 2.24) is 14.7 Å². The van der Waals surface area contributed by atoms with Crippen molar-refractivity contribution < 1.29 is 9.72 Å². The fourth-order valence-electron chi connectivity index (χ4n) is 3.30. The Morgan fingerprint density at radius 2 is 1.64 bits per heavy atom. The second kappa shape index (κ2) is 7.51. The first-order valence-corrected chi connectivity index (χ1v) is 9.01. The molecular formula is C20H19N5O3. The summed E-state index contributed by atoms with van der Waals surface area (Å²) in [5, 5.41) is 15.3. The number of para-hydroxylation sites is 1. The summed E-state index contributed by atoms with van der Waals surface area (Å²) in [4.78, 5) is 27.3. The Hall–Kier alpha value is -3.68. The smallest absolute Gasteiger partial charge is 0.274 e. The molecule has 0 saturated carbocycles. The molecule has 1 fully saturated rings. The van der Waals surface area contributed by atoms with E-state index >= 15 is 0 Å². The number of nitro benzene ring substituents is 1. The fraction of sp³-hybridized carbons (Fsp3) is 0.200. The van der Waals surface area contributed by atoms with Crippen LogP contribution in [-0.2, 0) is 0 Å². The highest BCUT2D eigenvalue weighted by atomic mass is 16.6. The van der Waals surface area contributed by atoms with Crippen LogP contribution in [0.4, 0.5) is 11.4 Å². The molecule has 3 aromatic rings. The van der Waals surface area contributed by atoms with Gasteiger partial charge in [0.25, 0.3) is 11.6 Å². The summed E-state index contributed by atoms with van der Waals surface area (Å²) in [6.07, 6.45) is 1.65. The van der Waals surface area contributed by atoms with Gasteiger partial charge in [0, 0.05) is 50.2 Å². The van der Waals surface area contributed by atoms with Crippen LogP contribution in [0.5, 0.6) is 0 Å². The van der Waals surface area contributed by atoms with E-state index in [4.69, 9.17) is 0 Å². The van der Waals surface area contributed by atoms with Gasteiger partial charge in [0.1, 0.15) is 0 Å². The number of anilines is 1. The molecule has 1 saturated heterocycles. The lowest BCUT2D eigenvalue weighted by molar-refractivity contribution is -0.384. The molecular weight excluding hydrogens is 358 g/mol. The van der Waals surface area contributed by atoms with E-state index in [-0.39, 0.29) is 11.6 Å². The van der Waals surface area contributed by atoms with Gasteiger partial charge in [-0.05, 0) is 24.3 Å². The van der Waals surface area contributed by atoms with E-state index in [0.717, 1.165) is 18.8 Å². The molecule has 0 spiro atoms. The second-order valence-corrected chi connectivity index (χ2v) is 6.54. The molecule has 142 valence electrons. The van der Waals surface area contributed by atoms with Gasteiger partial charge in [-0.2, -0.15) is 5.10 Å². The van der Waals surface area contributed by atoms with Crippen LogP contribution in [-0.4, -0.2) is 51.7 Å². The Balaban J connectivity index is 1.44. The van der Waals surface area contributed by atoms with E-state index < -0.39 is 4.92 Å². The Bertz CT molecular complexity index is 994. The van der Waals surface area contributed by atoms with Crippen molar-refractivity contribution in [3.63, 3.8) is 0 Å². The number of hydrogen-bond acceptors (Lipinski definition) is 5. The molecule has 4 rings (SSSR count). The molecule has 0 bridgehead atoms. The molecule has 0 N–H and O–H groups in total. The van der Waals surface area contributed by atoms with Crippen LogP contribution >= 0.6 is 0 Å². The number of nitrogens with zero attached hydrogens (tertiary/aromatic N) is 5. The van der Waals surface area contributed by atoms with Crippen LogP contribution in [0.1, 0.15) is 10.5 Å². The molecule has 0 unspecified atom stereocenters. The number of aromatic nitrogens is 2. The number of non-ortho nitro benzene ring substituents is 1. The maximum absolute atomic E-state index is 12.8. The number of hydrogen-bond donors (Lipinski definition) is 0. The molecule has 1 aliphatic rings. The van der Waals surface area contributed by atoms with E-state index in [9.17, 15) is 14.9 Å². The maximum Gasteiger partial charge on any atom is 0.274 e. The molecule has 2 heterocycles. The summed E-state index contributed by atoms with van der Waals surface area (Å²) >= 11 is 0. The first-order chi connectivity index (χ1) is 13.6. The van der Waals surface area contributed by atoms with Crippen LogP contribution in [0.2, 0.25) is 0 Å². The third kappa shape index (κ3) is 3.57. The third-order valence-corrected chi connectivity index (χ3v) is 4.80. The first-order valence-electron chi connectivity index (χ1n) is 9.01. The second-order valence-electron chi connectivity index (χ2n) is 6.54. The van der Waals surface area contributed by atoms with Gasteiger partial charge >= 0.3 is 0 Å². The number of amides is 1. The molecule has 2 aromatic carbocycles. The minimum Gasteiger partial charge on any atom is -0.368 e. The highest BCUT2D eigenvalue weighted by molar-refractivity contribution is 5.92. The minimum absolute atomic E-state index is 0.0158. The van der Waals surface area contributed by atoms with Gasteiger partial charge in [0.05, 0.1) is 10.6 Å². The van der Waals surface area contributed by atoms with E-state index in [1.807, 2.05) is 18.2 Å². The molecule has 8 nitrogen and oxygen atoms in total. The lowest BCUT2D eigenvalue weighted by Crippen LogP contribution is -2.48. The van der Waals surface area contributed by atoms with Gasteiger partial charge in [-0.25, -0.2) is 4.68 Å². The van der Waals surface area contributed by atoms with Gasteiger partial charge in [0.2, 0.25) is 0 Å². The average Bonchev–Trinajstić information content (AvgIpc) is 3.24. The largest absolute Gasteiger partial charge is 0.368 e. The monoisotopic (exact) mass is 377 g/mol. The van der Waals surface area contributed by atoms with Crippen LogP contribution < -0.4 is 4.90 Å². The van der Waals surface area contributed by atoms with E-state index in [2.05, 4.69) is 22.1 Å². The van der Waals surface area contributed by atoms with Gasteiger partial charge in [-0.1, -0.05) is 24.3 Å². The van der Waals surface area contributed by atoms with Crippen molar-refractivity contribution in [2.75, 3.05) is 31.1 Å². The summed E-state index contributed by atoms with van der Waals surface area (Å²) in [5.74, 6) is -0.128. The zero-order valence-corrected chi connectivity index (χ0v) is 15.1. The topological polar surface area (TPSA) is 84.5 Å². The SMILES string of the molecule is O=C(c1ccn(-c2cccc([N+](=O)[O-])c2)n1)N1CCN(c2ccccc2)CC1. The third-order valence-electron chi connectivity index (χ3n) is 4.80. The summed E-state index contributed by atoms with van der Waals surface area (Å²) < 4.78 is 1.49. The Kier molecular flexibility index (Phi) is 4.76. The Morgan fingerprint density at radius 3 is 2.36 bits per heavy atom. The molecule has 0 atom stereocenters. The van der Waals surface area contributed by atoms with E-state index in [1.165, 1.54) is 16.8 Å². The highest BCUT2D eigenvalue weighted by Crippen LogP contribution is 2.18. The molecule has 28 heavy (non-hydrogen) atoms. The Morgan fingerprint density at radius 1 is 0.929 bits per heavy atom. The molecule has 1 aliphatic heterocycles. The summed E-state index contributed by atoms with van der Waals surface area (Å²) in [5.41, 5.74) is 2.02. The maximum atomic E-state index is 12.8. The van der Waals surface area contributed by atoms with Crippen molar-refractivity contribution in [3.05, 3.63) is 82.7 Å². The number of benzene rings is 2. The van der Waals surface area contributed by atoms with E-state index in [1.54, 1.807) is 29.3 Å². The summed E-state index contributed by atoms with van der Waals surface area (Å²) in [6, 6.07) is 17.9. The normalized spacial score (nSPS) is 14.1. The number of carbonyl (C=O) groups excluding carboxylic acids is 1. The summed E-state index contributed by atoms with van der Waals surface area (Å²) in [7, 11) is 0. The predicted molar refractivity (Wildman–Crippen MR) is 105 cm³/mol. The first kappa shape index (κ1) is 17.7. The molecule has 0 aliphatic carbocycles. The van der Waals surface area contributed by atoms with Crippen LogP contribution in [0.15, 0.2) is 66.9 Å². The van der Waals surface area contributed by atoms with Crippen LogP contribution in [0.3, 0.4) is 0 Å². The fourth-order valence-corrected chi connectivity index (χ4v) is 3.30. The van der Waals surface area contributed by atoms with Crippen LogP contribution in [0, 0.1) is 10.1 Å². The zero-order chi connectivity index (χ0) is 19.5. The quantitative estimate of drug-likeness (QED) is 0.516. The van der Waals surface area contributed by atoms with Crippen molar-refractivity contribution in [3.8, 4) is 5.69 Å². The molecule has 0 radical (unpaired) electrons. The van der Waals surface area contributed by atoms with Gasteiger partial charge < -0.3 is 9.80 Å². The lowest BCUT2D eigenvalue weighted by atomic mass is 10.2. The van der Waals surface area contributed by atoms with Gasteiger partial charge in [0.15, 0.2) is 5.69 Å². The van der Waals surface area contributed by atoms with Gasteiger partial charge in [-0.15, -0.1) is 0 Å². The zero-order valence-electron chi connectivity index (χ0n) is 15.1. The van der Waals surface area contributed by atoms with E-state index in [0.29, 0.717) is 24.5 Å². The predicted octanol–water partition coefficient (Wildman–Crippen LogP) is 2.74. The molecule has 8 heteroatoms. The van der Waals surface area contributed by atoms with Gasteiger partial charge in [-0.3, -0.25) is 14.9 Å². The highest BCUT2D eigenvalue weighted by Gasteiger charge is 2.24. The number of carbonyl (C=O) groups is 1. The van der Waals surface area contributed by atoms with Crippen LogP contribution in [0.25, 0.3) is 5.69 Å². The van der Waals surface area contributed by atoms with Crippen molar-refractivity contribution in [2.24, 2.45) is 0 Å². The number of nitro groups is 1. The van der Waals surface area contributed by atoms with Crippen molar-refractivity contribution in [1.29, 1.82) is 0 Å². The average molecular weight is 377 g/mol. The van der Waals surface area contributed by atoms with Crippen molar-refractivity contribution in [2.45, 2.75) is 0 Å². The number of piperazine rings is 1. The standard InChI is InChI=1S/C20H19N5O3/c26-20(23-13-11-22(12-14-23)16-5-2-1-3-6-16)19-9-10-24(21-19)17-7-4-8-18(15-17)25(27)28/h1-10,15H,11-14H2. The number of rotatable bonds is 4. The van der Waals surface area contributed by atoms with Crippen molar-refractivity contribution >= 4 is 17.3 Å². The molecule has 1 aromatic heterocycles. The summed E-state index contributed by atoms with van der Waals surface area (Å²) in [6.45, 7) is 2.78. The minimum atomic E-state index is -0.453. The molecule has 1 amide bonds. The lowest BCUT2D eigenvalue weighted by Gasteiger charge is -2.35.